The molecule has 1 aromatic heterocycles. The van der Waals surface area contributed by atoms with Crippen molar-refractivity contribution in [3.05, 3.63) is 210 Å². The molecule has 7 nitrogen and oxygen atoms in total. The zero-order chi connectivity index (χ0) is 41.4. The summed E-state index contributed by atoms with van der Waals surface area (Å²) >= 11 is 0. The standard InChI is InChI=1S/C51H47FN2O5/c1-35(2)47-46(50(57)53-42-26-16-7-17-27-42)45(36-18-8-3-9-19-36)48(37-28-30-41(52)31-29-37)54(47)33-32-43(55)34-44(56)59-49(38-20-10-4-11-21-38)51(58,39-22-12-5-13-23-39)40-24-14-6-15-25-40/h3-31,35,43,49,55,58H,32-34H2,1-2H3,(H,53,57). The van der Waals surface area contributed by atoms with Crippen LogP contribution in [0.15, 0.2) is 176 Å². The van der Waals surface area contributed by atoms with Gasteiger partial charge < -0.3 is 24.8 Å². The minimum Gasteiger partial charge on any atom is -0.454 e. The number of esters is 1. The second-order valence-corrected chi connectivity index (χ2v) is 14.9. The van der Waals surface area contributed by atoms with Crippen LogP contribution < -0.4 is 5.32 Å². The molecule has 2 unspecified atom stereocenters. The van der Waals surface area contributed by atoms with Gasteiger partial charge in [-0.1, -0.05) is 153 Å². The zero-order valence-electron chi connectivity index (χ0n) is 33.0. The van der Waals surface area contributed by atoms with Crippen molar-refractivity contribution in [1.82, 2.24) is 4.57 Å². The Morgan fingerprint density at radius 3 is 1.75 bits per heavy atom. The average Bonchev–Trinajstić information content (AvgIpc) is 3.62. The van der Waals surface area contributed by atoms with E-state index in [0.717, 1.165) is 11.3 Å². The molecule has 0 aliphatic heterocycles. The smallest absolute Gasteiger partial charge is 0.309 e. The Labute approximate surface area is 344 Å². The normalized spacial score (nSPS) is 12.5. The third-order valence-electron chi connectivity index (χ3n) is 10.5. The van der Waals surface area contributed by atoms with Gasteiger partial charge in [0.25, 0.3) is 5.91 Å². The number of benzene rings is 6. The maximum Gasteiger partial charge on any atom is 0.309 e. The predicted molar refractivity (Wildman–Crippen MR) is 230 cm³/mol. The third-order valence-corrected chi connectivity index (χ3v) is 10.5. The summed E-state index contributed by atoms with van der Waals surface area (Å²) in [6.45, 7) is 4.23. The van der Waals surface area contributed by atoms with Gasteiger partial charge in [0.15, 0.2) is 11.7 Å². The molecule has 7 rings (SSSR count). The molecular formula is C51H47FN2O5. The Bertz CT molecular complexity index is 2420. The third kappa shape index (κ3) is 8.94. The van der Waals surface area contributed by atoms with Gasteiger partial charge in [-0.05, 0) is 76.6 Å². The van der Waals surface area contributed by atoms with E-state index < -0.39 is 29.6 Å². The van der Waals surface area contributed by atoms with Crippen LogP contribution in [0.3, 0.4) is 0 Å². The van der Waals surface area contributed by atoms with Gasteiger partial charge in [-0.25, -0.2) is 4.39 Å². The van der Waals surface area contributed by atoms with Crippen LogP contribution in [0.1, 0.15) is 71.5 Å². The number of carbonyl (C=O) groups excluding carboxylic acids is 2. The number of nitrogens with zero attached hydrogens (tertiary/aromatic N) is 1. The van der Waals surface area contributed by atoms with Gasteiger partial charge >= 0.3 is 5.97 Å². The predicted octanol–water partition coefficient (Wildman–Crippen LogP) is 10.7. The van der Waals surface area contributed by atoms with Crippen molar-refractivity contribution in [1.29, 1.82) is 0 Å². The number of hydrogen-bond donors (Lipinski definition) is 3. The van der Waals surface area contributed by atoms with Gasteiger partial charge in [0.2, 0.25) is 0 Å². The quantitative estimate of drug-likeness (QED) is 0.0899. The van der Waals surface area contributed by atoms with E-state index in [4.69, 9.17) is 4.74 Å². The number of aliphatic hydroxyl groups excluding tert-OH is 1. The number of aliphatic hydroxyl groups is 2. The van der Waals surface area contributed by atoms with E-state index in [0.29, 0.717) is 44.8 Å². The van der Waals surface area contributed by atoms with Gasteiger partial charge in [-0.15, -0.1) is 0 Å². The first-order valence-electron chi connectivity index (χ1n) is 19.8. The molecule has 0 spiro atoms. The fourth-order valence-electron chi connectivity index (χ4n) is 7.84. The Morgan fingerprint density at radius 2 is 1.20 bits per heavy atom. The molecule has 1 amide bonds. The van der Waals surface area contributed by atoms with Gasteiger partial charge in [-0.2, -0.15) is 0 Å². The Morgan fingerprint density at radius 1 is 0.695 bits per heavy atom. The minimum atomic E-state index is -1.77. The van der Waals surface area contributed by atoms with E-state index in [9.17, 15) is 24.2 Å². The number of rotatable bonds is 15. The molecule has 3 N–H and O–H groups in total. The monoisotopic (exact) mass is 786 g/mol. The minimum absolute atomic E-state index is 0.114. The van der Waals surface area contributed by atoms with Crippen LogP contribution in [-0.4, -0.2) is 32.8 Å². The highest BCUT2D eigenvalue weighted by Crippen LogP contribution is 2.45. The van der Waals surface area contributed by atoms with Crippen LogP contribution in [0.5, 0.6) is 0 Å². The molecule has 0 aliphatic carbocycles. The van der Waals surface area contributed by atoms with Crippen LogP contribution in [0.4, 0.5) is 10.1 Å². The number of ether oxygens (including phenoxy) is 1. The van der Waals surface area contributed by atoms with Gasteiger partial charge in [0, 0.05) is 23.5 Å². The number of aromatic nitrogens is 1. The van der Waals surface area contributed by atoms with Crippen LogP contribution in [0.2, 0.25) is 0 Å². The van der Waals surface area contributed by atoms with Gasteiger partial charge in [-0.3, -0.25) is 9.59 Å². The first kappa shape index (κ1) is 40.6. The maximum atomic E-state index is 14.5. The molecule has 59 heavy (non-hydrogen) atoms. The number of halogens is 1. The molecule has 0 radical (unpaired) electrons. The summed E-state index contributed by atoms with van der Waals surface area (Å²) in [7, 11) is 0. The van der Waals surface area contributed by atoms with E-state index in [1.54, 1.807) is 48.5 Å². The largest absolute Gasteiger partial charge is 0.454 e. The SMILES string of the molecule is CC(C)c1c(C(=O)Nc2ccccc2)c(-c2ccccc2)c(-c2ccc(F)cc2)n1CCC(O)CC(=O)OC(c1ccccc1)C(O)(c1ccccc1)c1ccccc1. The Hall–Kier alpha value is -6.61. The lowest BCUT2D eigenvalue weighted by atomic mass is 9.79. The first-order chi connectivity index (χ1) is 28.6. The summed E-state index contributed by atoms with van der Waals surface area (Å²) in [5, 5.41) is 27.4. The van der Waals surface area contributed by atoms with Crippen molar-refractivity contribution < 1.29 is 28.9 Å². The number of carbonyl (C=O) groups is 2. The van der Waals surface area contributed by atoms with Crippen LogP contribution >= 0.6 is 0 Å². The second-order valence-electron chi connectivity index (χ2n) is 14.9. The van der Waals surface area contributed by atoms with Gasteiger partial charge in [0.05, 0.1) is 23.8 Å². The summed E-state index contributed by atoms with van der Waals surface area (Å²) in [5.74, 6) is -1.56. The summed E-state index contributed by atoms with van der Waals surface area (Å²) in [4.78, 5) is 28.4. The molecule has 0 fully saturated rings. The molecule has 7 aromatic rings. The zero-order valence-corrected chi connectivity index (χ0v) is 33.0. The summed E-state index contributed by atoms with van der Waals surface area (Å²) in [6, 6.07) is 52.3. The Balaban J connectivity index is 1.24. The van der Waals surface area contributed by atoms with Crippen molar-refractivity contribution in [3.63, 3.8) is 0 Å². The molecule has 8 heteroatoms. The molecule has 0 bridgehead atoms. The fourth-order valence-corrected chi connectivity index (χ4v) is 7.84. The van der Waals surface area contributed by atoms with Crippen molar-refractivity contribution in [3.8, 4) is 22.4 Å². The fraction of sp³-hybridized carbons (Fsp3) is 0.176. The van der Waals surface area contributed by atoms with Gasteiger partial charge in [0.1, 0.15) is 5.82 Å². The van der Waals surface area contributed by atoms with Crippen LogP contribution in [0.25, 0.3) is 22.4 Å². The van der Waals surface area contributed by atoms with Crippen molar-refractivity contribution in [2.24, 2.45) is 0 Å². The molecule has 6 aromatic carbocycles. The first-order valence-corrected chi connectivity index (χ1v) is 19.8. The summed E-state index contributed by atoms with van der Waals surface area (Å²) < 4.78 is 22.6. The number of anilines is 1. The van der Waals surface area contributed by atoms with E-state index in [1.165, 1.54) is 12.1 Å². The molecule has 0 saturated heterocycles. The molecule has 0 aliphatic rings. The topological polar surface area (TPSA) is 101 Å². The van der Waals surface area contributed by atoms with E-state index >= 15 is 0 Å². The number of nitrogens with one attached hydrogen (secondary N) is 1. The molecule has 298 valence electrons. The lowest BCUT2D eigenvalue weighted by Gasteiger charge is -2.37. The summed E-state index contributed by atoms with van der Waals surface area (Å²) in [6.07, 6.45) is -2.57. The molecule has 1 heterocycles. The second kappa shape index (κ2) is 18.3. The van der Waals surface area contributed by atoms with E-state index in [2.05, 4.69) is 5.32 Å². The molecule has 0 saturated carbocycles. The highest BCUT2D eigenvalue weighted by molar-refractivity contribution is 6.12. The lowest BCUT2D eigenvalue weighted by Crippen LogP contribution is -2.38. The molecule has 2 atom stereocenters. The van der Waals surface area contributed by atoms with Crippen molar-refractivity contribution in [2.45, 2.75) is 57.0 Å². The van der Waals surface area contributed by atoms with E-state index in [-0.39, 0.29) is 31.2 Å². The average molecular weight is 787 g/mol. The number of amides is 1. The number of hydrogen-bond acceptors (Lipinski definition) is 5. The van der Waals surface area contributed by atoms with Crippen molar-refractivity contribution in [2.75, 3.05) is 5.32 Å². The number of para-hydroxylation sites is 1. The summed E-state index contributed by atoms with van der Waals surface area (Å²) in [5.41, 5.74) is 4.57. The Kier molecular flexibility index (Phi) is 12.6. The van der Waals surface area contributed by atoms with Crippen molar-refractivity contribution >= 4 is 17.6 Å². The highest BCUT2D eigenvalue weighted by Gasteiger charge is 2.44. The van der Waals surface area contributed by atoms with Crippen LogP contribution in [-0.2, 0) is 21.7 Å². The highest BCUT2D eigenvalue weighted by atomic mass is 19.1. The lowest BCUT2D eigenvalue weighted by molar-refractivity contribution is -0.165. The molecular weight excluding hydrogens is 740 g/mol. The van der Waals surface area contributed by atoms with E-state index in [1.807, 2.05) is 134 Å². The maximum absolute atomic E-state index is 14.5. The van der Waals surface area contributed by atoms with Crippen LogP contribution in [0, 0.1) is 5.82 Å².